The molecule has 0 aromatic rings. The van der Waals surface area contributed by atoms with Crippen LogP contribution in [-0.4, -0.2) is 28.1 Å². The number of rotatable bonds is 3. The fourth-order valence-corrected chi connectivity index (χ4v) is 0.414. The van der Waals surface area contributed by atoms with Crippen molar-refractivity contribution in [2.24, 2.45) is 5.92 Å². The van der Waals surface area contributed by atoms with Crippen LogP contribution in [0.1, 0.15) is 13.8 Å². The van der Waals surface area contributed by atoms with Gasteiger partial charge in [-0.05, 0) is 6.92 Å². The van der Waals surface area contributed by atoms with Gasteiger partial charge in [0.05, 0.1) is 12.0 Å². The van der Waals surface area contributed by atoms with E-state index in [9.17, 15) is 9.59 Å². The Hall–Kier alpha value is -0.900. The number of carbonyl (C=O) groups excluding carboxylic acids is 1. The molecule has 4 nitrogen and oxygen atoms in total. The average molecular weight is 146 g/mol. The largest absolute Gasteiger partial charge is 0.475 e. The average Bonchev–Trinajstić information content (AvgIpc) is 1.84. The molecule has 2 N–H and O–H groups in total. The van der Waals surface area contributed by atoms with Gasteiger partial charge in [0.15, 0.2) is 0 Å². The number of carbonyl (C=O) groups is 2. The van der Waals surface area contributed by atoms with E-state index in [1.54, 1.807) is 0 Å². The van der Waals surface area contributed by atoms with Gasteiger partial charge in [0.1, 0.15) is 0 Å². The number of carboxylic acids is 1. The number of hydrogen-bond acceptors (Lipinski definition) is 3. The minimum Gasteiger partial charge on any atom is -0.475 e. The van der Waals surface area contributed by atoms with Gasteiger partial charge in [-0.15, -0.1) is 0 Å². The zero-order chi connectivity index (χ0) is 8.31. The first-order valence-corrected chi connectivity index (χ1v) is 2.92. The second kappa shape index (κ2) is 3.31. The molecule has 0 heterocycles. The summed E-state index contributed by atoms with van der Waals surface area (Å²) in [7, 11) is 0. The Kier molecular flexibility index (Phi) is 3.02. The maximum absolute atomic E-state index is 10.5. The van der Waals surface area contributed by atoms with E-state index >= 15 is 0 Å². The summed E-state index contributed by atoms with van der Waals surface area (Å²) in [6.07, 6.45) is -0.899. The van der Waals surface area contributed by atoms with Crippen molar-refractivity contribution >= 4 is 11.8 Å². The predicted molar refractivity (Wildman–Crippen MR) is 33.5 cm³/mol. The van der Waals surface area contributed by atoms with Crippen LogP contribution in [-0.2, 0) is 9.59 Å². The Bertz CT molecular complexity index is 150. The van der Waals surface area contributed by atoms with Crippen molar-refractivity contribution in [2.75, 3.05) is 0 Å². The standard InChI is InChI=1S/C6H10O4/c1-3(4(2)7)5(8)6(9)10/h3-4,7H,1-2H3,(H,9,10). The van der Waals surface area contributed by atoms with Crippen LogP contribution in [0.2, 0.25) is 0 Å². The van der Waals surface area contributed by atoms with Crippen molar-refractivity contribution in [3.63, 3.8) is 0 Å². The Balaban J connectivity index is 4.08. The van der Waals surface area contributed by atoms with Gasteiger partial charge in [-0.25, -0.2) is 4.79 Å². The maximum atomic E-state index is 10.5. The quantitative estimate of drug-likeness (QED) is 0.534. The lowest BCUT2D eigenvalue weighted by Gasteiger charge is -2.08. The normalized spacial score (nSPS) is 15.9. The molecule has 0 radical (unpaired) electrons. The van der Waals surface area contributed by atoms with Crippen LogP contribution < -0.4 is 0 Å². The molecule has 0 aromatic heterocycles. The molecular formula is C6H10O4. The van der Waals surface area contributed by atoms with Crippen molar-refractivity contribution in [1.29, 1.82) is 0 Å². The molecule has 58 valence electrons. The summed E-state index contributed by atoms with van der Waals surface area (Å²) in [5.74, 6) is -3.26. The minimum absolute atomic E-state index is 0.822. The first-order valence-electron chi connectivity index (χ1n) is 2.92. The second-order valence-corrected chi connectivity index (χ2v) is 2.20. The lowest BCUT2D eigenvalue weighted by atomic mass is 10.0. The molecule has 2 atom stereocenters. The first-order chi connectivity index (χ1) is 4.46. The van der Waals surface area contributed by atoms with E-state index in [4.69, 9.17) is 10.2 Å². The molecular weight excluding hydrogens is 136 g/mol. The Morgan fingerprint density at radius 3 is 1.80 bits per heavy atom. The lowest BCUT2D eigenvalue weighted by Crippen LogP contribution is -2.28. The monoisotopic (exact) mass is 146 g/mol. The highest BCUT2D eigenvalue weighted by Gasteiger charge is 2.23. The third-order valence-electron chi connectivity index (χ3n) is 1.35. The van der Waals surface area contributed by atoms with Crippen molar-refractivity contribution in [3.8, 4) is 0 Å². The van der Waals surface area contributed by atoms with Gasteiger partial charge in [-0.1, -0.05) is 6.92 Å². The summed E-state index contributed by atoms with van der Waals surface area (Å²) in [4.78, 5) is 20.5. The van der Waals surface area contributed by atoms with Crippen LogP contribution in [0.15, 0.2) is 0 Å². The van der Waals surface area contributed by atoms with Gasteiger partial charge in [0.2, 0.25) is 5.78 Å². The lowest BCUT2D eigenvalue weighted by molar-refractivity contribution is -0.152. The van der Waals surface area contributed by atoms with Gasteiger partial charge in [-0.3, -0.25) is 4.79 Å². The van der Waals surface area contributed by atoms with E-state index in [0.717, 1.165) is 0 Å². The first kappa shape index (κ1) is 9.10. The van der Waals surface area contributed by atoms with Gasteiger partial charge in [0.25, 0.3) is 0 Å². The molecule has 2 unspecified atom stereocenters. The topological polar surface area (TPSA) is 74.6 Å². The summed E-state index contributed by atoms with van der Waals surface area (Å²) in [5.41, 5.74) is 0. The SMILES string of the molecule is CC(O)C(C)C(=O)C(=O)O. The van der Waals surface area contributed by atoms with E-state index < -0.39 is 23.8 Å². The number of ketones is 1. The molecule has 0 bridgehead atoms. The molecule has 10 heavy (non-hydrogen) atoms. The molecule has 0 aliphatic heterocycles. The predicted octanol–water partition coefficient (Wildman–Crippen LogP) is -0.343. The zero-order valence-electron chi connectivity index (χ0n) is 5.87. The molecule has 0 aromatic carbocycles. The Labute approximate surface area is 58.5 Å². The van der Waals surface area contributed by atoms with E-state index in [0.29, 0.717) is 0 Å². The molecule has 0 aliphatic rings. The van der Waals surface area contributed by atoms with Crippen molar-refractivity contribution in [2.45, 2.75) is 20.0 Å². The van der Waals surface area contributed by atoms with E-state index in [1.807, 2.05) is 0 Å². The fraction of sp³-hybridized carbons (Fsp3) is 0.667. The van der Waals surface area contributed by atoms with Crippen LogP contribution in [0, 0.1) is 5.92 Å². The highest BCUT2D eigenvalue weighted by molar-refractivity contribution is 6.33. The van der Waals surface area contributed by atoms with Crippen molar-refractivity contribution in [3.05, 3.63) is 0 Å². The zero-order valence-corrected chi connectivity index (χ0v) is 5.87. The third-order valence-corrected chi connectivity index (χ3v) is 1.35. The second-order valence-electron chi connectivity index (χ2n) is 2.20. The van der Waals surface area contributed by atoms with Crippen LogP contribution in [0.25, 0.3) is 0 Å². The number of aliphatic hydroxyl groups is 1. The van der Waals surface area contributed by atoms with Gasteiger partial charge >= 0.3 is 5.97 Å². The Morgan fingerprint density at radius 1 is 1.30 bits per heavy atom. The molecule has 0 fully saturated rings. The summed E-state index contributed by atoms with van der Waals surface area (Å²) in [6.45, 7) is 2.76. The molecule has 0 rings (SSSR count). The van der Waals surface area contributed by atoms with E-state index in [1.165, 1.54) is 13.8 Å². The van der Waals surface area contributed by atoms with E-state index in [-0.39, 0.29) is 0 Å². The number of Topliss-reactive ketones (excluding diaryl/α,β-unsaturated/α-hetero) is 1. The number of hydrogen-bond donors (Lipinski definition) is 2. The van der Waals surface area contributed by atoms with Crippen molar-refractivity contribution < 1.29 is 19.8 Å². The molecule has 4 heteroatoms. The fourth-order valence-electron chi connectivity index (χ4n) is 0.414. The maximum Gasteiger partial charge on any atom is 0.372 e. The molecule has 0 spiro atoms. The highest BCUT2D eigenvalue weighted by atomic mass is 16.4. The molecule has 0 amide bonds. The summed E-state index contributed by atoms with van der Waals surface area (Å²) >= 11 is 0. The minimum atomic E-state index is -1.49. The molecule has 0 aliphatic carbocycles. The van der Waals surface area contributed by atoms with Gasteiger partial charge in [0, 0.05) is 0 Å². The van der Waals surface area contributed by atoms with E-state index in [2.05, 4.69) is 0 Å². The van der Waals surface area contributed by atoms with Crippen LogP contribution in [0.4, 0.5) is 0 Å². The molecule has 0 saturated heterocycles. The number of carboxylic acid groups (broad SMARTS) is 1. The highest BCUT2D eigenvalue weighted by Crippen LogP contribution is 2.02. The molecule has 0 saturated carbocycles. The smallest absolute Gasteiger partial charge is 0.372 e. The van der Waals surface area contributed by atoms with Gasteiger partial charge in [-0.2, -0.15) is 0 Å². The Morgan fingerprint density at radius 2 is 1.70 bits per heavy atom. The summed E-state index contributed by atoms with van der Waals surface area (Å²) in [5, 5.41) is 16.9. The summed E-state index contributed by atoms with van der Waals surface area (Å²) < 4.78 is 0. The van der Waals surface area contributed by atoms with Crippen LogP contribution in [0.5, 0.6) is 0 Å². The third kappa shape index (κ3) is 2.14. The van der Waals surface area contributed by atoms with Crippen molar-refractivity contribution in [1.82, 2.24) is 0 Å². The van der Waals surface area contributed by atoms with Gasteiger partial charge < -0.3 is 10.2 Å². The number of aliphatic carboxylic acids is 1. The van der Waals surface area contributed by atoms with Crippen LogP contribution >= 0.6 is 0 Å². The summed E-state index contributed by atoms with van der Waals surface area (Å²) in [6, 6.07) is 0. The number of aliphatic hydroxyl groups excluding tert-OH is 1. The van der Waals surface area contributed by atoms with Crippen LogP contribution in [0.3, 0.4) is 0 Å².